The monoisotopic (exact) mass is 318 g/mol. The van der Waals surface area contributed by atoms with E-state index in [0.717, 1.165) is 12.2 Å². The number of rotatable bonds is 4. The minimum Gasteiger partial charge on any atom is -0.481 e. The number of carbonyl (C=O) groups is 1. The van der Waals surface area contributed by atoms with E-state index in [4.69, 9.17) is 4.42 Å². The smallest absolute Gasteiger partial charge is 0.307 e. The molecule has 122 valence electrons. The second-order valence-corrected chi connectivity index (χ2v) is 6.22. The number of oxazole rings is 1. The van der Waals surface area contributed by atoms with Gasteiger partial charge in [-0.25, -0.2) is 9.37 Å². The van der Waals surface area contributed by atoms with Gasteiger partial charge >= 0.3 is 5.97 Å². The summed E-state index contributed by atoms with van der Waals surface area (Å²) < 4.78 is 18.4. The van der Waals surface area contributed by atoms with E-state index in [9.17, 15) is 14.3 Å². The Kier molecular flexibility index (Phi) is 4.43. The Morgan fingerprint density at radius 1 is 1.39 bits per heavy atom. The van der Waals surface area contributed by atoms with Crippen LogP contribution < -0.4 is 0 Å². The molecule has 1 aromatic carbocycles. The van der Waals surface area contributed by atoms with Crippen LogP contribution in [-0.2, 0) is 11.3 Å². The minimum absolute atomic E-state index is 0.303. The first-order valence-corrected chi connectivity index (χ1v) is 7.67. The van der Waals surface area contributed by atoms with Gasteiger partial charge in [-0.05, 0) is 36.6 Å². The third-order valence-electron chi connectivity index (χ3n) is 4.11. The van der Waals surface area contributed by atoms with E-state index < -0.39 is 5.97 Å². The summed E-state index contributed by atoms with van der Waals surface area (Å²) >= 11 is 0. The Morgan fingerprint density at radius 2 is 2.13 bits per heavy atom. The lowest BCUT2D eigenvalue weighted by Crippen LogP contribution is -2.42. The lowest BCUT2D eigenvalue weighted by Gasteiger charge is -2.34. The Bertz CT molecular complexity index is 683. The van der Waals surface area contributed by atoms with Crippen molar-refractivity contribution in [2.24, 2.45) is 11.8 Å². The van der Waals surface area contributed by atoms with E-state index in [2.05, 4.69) is 16.8 Å². The molecule has 23 heavy (non-hydrogen) atoms. The third-order valence-corrected chi connectivity index (χ3v) is 4.11. The Hall–Kier alpha value is -2.21. The summed E-state index contributed by atoms with van der Waals surface area (Å²) in [5.41, 5.74) is 1.47. The van der Waals surface area contributed by atoms with E-state index in [1.54, 1.807) is 18.4 Å². The predicted octanol–water partition coefficient (Wildman–Crippen LogP) is 3.02. The number of hydrogen-bond acceptors (Lipinski definition) is 4. The summed E-state index contributed by atoms with van der Waals surface area (Å²) in [6.45, 7) is 3.99. The van der Waals surface area contributed by atoms with E-state index in [0.29, 0.717) is 36.9 Å². The minimum atomic E-state index is -0.742. The molecule has 0 amide bonds. The van der Waals surface area contributed by atoms with Gasteiger partial charge in [-0.15, -0.1) is 0 Å². The number of aromatic nitrogens is 1. The fourth-order valence-electron chi connectivity index (χ4n) is 3.10. The molecule has 5 nitrogen and oxygen atoms in total. The molecule has 1 aromatic heterocycles. The molecule has 2 unspecified atom stereocenters. The Balaban J connectivity index is 1.69. The van der Waals surface area contributed by atoms with Crippen molar-refractivity contribution in [2.45, 2.75) is 19.9 Å². The van der Waals surface area contributed by atoms with Crippen molar-refractivity contribution in [3.63, 3.8) is 0 Å². The summed E-state index contributed by atoms with van der Waals surface area (Å²) in [4.78, 5) is 17.7. The summed E-state index contributed by atoms with van der Waals surface area (Å²) in [5.74, 6) is -0.591. The maximum atomic E-state index is 12.9. The number of aliphatic carboxylic acids is 1. The molecule has 3 rings (SSSR count). The zero-order valence-electron chi connectivity index (χ0n) is 12.9. The fourth-order valence-corrected chi connectivity index (χ4v) is 3.10. The molecule has 2 atom stereocenters. The average Bonchev–Trinajstić information content (AvgIpc) is 2.95. The number of hydrogen-bond donors (Lipinski definition) is 1. The van der Waals surface area contributed by atoms with Gasteiger partial charge in [0, 0.05) is 25.2 Å². The van der Waals surface area contributed by atoms with E-state index >= 15 is 0 Å². The van der Waals surface area contributed by atoms with Gasteiger partial charge < -0.3 is 9.52 Å². The van der Waals surface area contributed by atoms with Crippen LogP contribution in [-0.4, -0.2) is 34.0 Å². The van der Waals surface area contributed by atoms with Gasteiger partial charge in [0.15, 0.2) is 0 Å². The van der Waals surface area contributed by atoms with Gasteiger partial charge in [0.05, 0.1) is 11.6 Å². The van der Waals surface area contributed by atoms with Crippen LogP contribution in [0.1, 0.15) is 19.0 Å². The average molecular weight is 318 g/mol. The van der Waals surface area contributed by atoms with Crippen molar-refractivity contribution in [1.82, 2.24) is 9.88 Å². The van der Waals surface area contributed by atoms with Gasteiger partial charge in [-0.1, -0.05) is 6.92 Å². The molecule has 1 fully saturated rings. The SMILES string of the molecule is CC1CC(C(=O)O)CN(Cc2coc(-c3ccc(F)cc3)n2)C1. The highest BCUT2D eigenvalue weighted by molar-refractivity contribution is 5.70. The Labute approximate surface area is 133 Å². The van der Waals surface area contributed by atoms with Crippen LogP contribution >= 0.6 is 0 Å². The molecular weight excluding hydrogens is 299 g/mol. The second kappa shape index (κ2) is 6.50. The molecule has 1 aliphatic rings. The summed E-state index contributed by atoms with van der Waals surface area (Å²) in [6, 6.07) is 5.97. The number of benzene rings is 1. The standard InChI is InChI=1S/C17H19FN2O3/c1-11-6-13(17(21)22)8-20(7-11)9-15-10-23-16(19-15)12-2-4-14(18)5-3-12/h2-5,10-11,13H,6-9H2,1H3,(H,21,22). The summed E-state index contributed by atoms with van der Waals surface area (Å²) in [5, 5.41) is 9.22. The van der Waals surface area contributed by atoms with Crippen LogP contribution in [0.3, 0.4) is 0 Å². The molecule has 0 bridgehead atoms. The molecule has 0 saturated carbocycles. The molecule has 2 heterocycles. The number of halogens is 1. The van der Waals surface area contributed by atoms with Crippen molar-refractivity contribution < 1.29 is 18.7 Å². The molecule has 1 N–H and O–H groups in total. The van der Waals surface area contributed by atoms with Crippen LogP contribution in [0.4, 0.5) is 4.39 Å². The van der Waals surface area contributed by atoms with Crippen molar-refractivity contribution in [3.8, 4) is 11.5 Å². The first-order valence-electron chi connectivity index (χ1n) is 7.67. The third kappa shape index (κ3) is 3.76. The number of carboxylic acid groups (broad SMARTS) is 1. The van der Waals surface area contributed by atoms with E-state index in [1.807, 2.05) is 0 Å². The van der Waals surface area contributed by atoms with Gasteiger partial charge in [-0.2, -0.15) is 0 Å². The molecule has 0 radical (unpaired) electrons. The van der Waals surface area contributed by atoms with Crippen LogP contribution in [0.2, 0.25) is 0 Å². The fraction of sp³-hybridized carbons (Fsp3) is 0.412. The largest absolute Gasteiger partial charge is 0.481 e. The first-order chi connectivity index (χ1) is 11.0. The van der Waals surface area contributed by atoms with Crippen LogP contribution in [0, 0.1) is 17.7 Å². The maximum absolute atomic E-state index is 12.9. The molecule has 2 aromatic rings. The zero-order chi connectivity index (χ0) is 16.4. The van der Waals surface area contributed by atoms with E-state index in [1.165, 1.54) is 12.1 Å². The van der Waals surface area contributed by atoms with Gasteiger partial charge in [-0.3, -0.25) is 9.69 Å². The maximum Gasteiger partial charge on any atom is 0.307 e. The number of nitrogens with zero attached hydrogens (tertiary/aromatic N) is 2. The number of likely N-dealkylation sites (tertiary alicyclic amines) is 1. The molecule has 1 aliphatic heterocycles. The molecule has 6 heteroatoms. The Morgan fingerprint density at radius 3 is 2.83 bits per heavy atom. The summed E-state index contributed by atoms with van der Waals surface area (Å²) in [7, 11) is 0. The first kappa shape index (κ1) is 15.7. The highest BCUT2D eigenvalue weighted by atomic mass is 19.1. The van der Waals surface area contributed by atoms with Crippen LogP contribution in [0.5, 0.6) is 0 Å². The highest BCUT2D eigenvalue weighted by Gasteiger charge is 2.29. The topological polar surface area (TPSA) is 66.6 Å². The van der Waals surface area contributed by atoms with Gasteiger partial charge in [0.2, 0.25) is 5.89 Å². The molecule has 0 aliphatic carbocycles. The van der Waals surface area contributed by atoms with Crippen molar-refractivity contribution in [2.75, 3.05) is 13.1 Å². The van der Waals surface area contributed by atoms with Crippen LogP contribution in [0.15, 0.2) is 34.9 Å². The van der Waals surface area contributed by atoms with Crippen LogP contribution in [0.25, 0.3) is 11.5 Å². The number of carboxylic acids is 1. The van der Waals surface area contributed by atoms with Crippen molar-refractivity contribution >= 4 is 5.97 Å². The summed E-state index contributed by atoms with van der Waals surface area (Å²) in [6.07, 6.45) is 2.29. The lowest BCUT2D eigenvalue weighted by atomic mass is 9.90. The second-order valence-electron chi connectivity index (χ2n) is 6.22. The quantitative estimate of drug-likeness (QED) is 0.938. The molecule has 0 spiro atoms. The van der Waals surface area contributed by atoms with Crippen molar-refractivity contribution in [3.05, 3.63) is 42.0 Å². The van der Waals surface area contributed by atoms with Gasteiger partial charge in [0.1, 0.15) is 12.1 Å². The molecule has 1 saturated heterocycles. The van der Waals surface area contributed by atoms with Gasteiger partial charge in [0.25, 0.3) is 0 Å². The normalized spacial score (nSPS) is 22.2. The number of piperidine rings is 1. The van der Waals surface area contributed by atoms with Crippen molar-refractivity contribution in [1.29, 1.82) is 0 Å². The molecular formula is C17H19FN2O3. The lowest BCUT2D eigenvalue weighted by molar-refractivity contribution is -0.144. The predicted molar refractivity (Wildman–Crippen MR) is 82.1 cm³/mol. The zero-order valence-corrected chi connectivity index (χ0v) is 12.9. The van der Waals surface area contributed by atoms with E-state index in [-0.39, 0.29) is 11.7 Å². The highest BCUT2D eigenvalue weighted by Crippen LogP contribution is 2.24.